The lowest BCUT2D eigenvalue weighted by Gasteiger charge is -2.13. The fourth-order valence-corrected chi connectivity index (χ4v) is 4.16. The molecule has 0 unspecified atom stereocenters. The Morgan fingerprint density at radius 2 is 2.13 bits per heavy atom. The molecule has 0 aliphatic carbocycles. The molecule has 23 heavy (non-hydrogen) atoms. The molecule has 0 atom stereocenters. The van der Waals surface area contributed by atoms with Gasteiger partial charge in [0.05, 0.1) is 23.9 Å². The predicted octanol–water partition coefficient (Wildman–Crippen LogP) is 2.27. The number of nitrogens with one attached hydrogen (secondary N) is 1. The minimum absolute atomic E-state index is 0.0329. The van der Waals surface area contributed by atoms with Gasteiger partial charge in [-0.3, -0.25) is 9.59 Å². The molecule has 0 bridgehead atoms. The summed E-state index contributed by atoms with van der Waals surface area (Å²) >= 11 is 3.13. The van der Waals surface area contributed by atoms with E-state index in [1.165, 1.54) is 11.8 Å². The van der Waals surface area contributed by atoms with Gasteiger partial charge in [0.25, 0.3) is 0 Å². The predicted molar refractivity (Wildman–Crippen MR) is 93.2 cm³/mol. The van der Waals surface area contributed by atoms with Crippen LogP contribution in [0.25, 0.3) is 10.6 Å². The van der Waals surface area contributed by atoms with Crippen molar-refractivity contribution < 1.29 is 9.59 Å². The van der Waals surface area contributed by atoms with Gasteiger partial charge in [0, 0.05) is 10.4 Å². The van der Waals surface area contributed by atoms with Crippen LogP contribution in [0.15, 0.2) is 30.3 Å². The van der Waals surface area contributed by atoms with E-state index in [0.717, 1.165) is 21.1 Å². The third kappa shape index (κ3) is 3.92. The number of hydrogen-bond acceptors (Lipinski definition) is 5. The van der Waals surface area contributed by atoms with E-state index in [1.54, 1.807) is 16.2 Å². The van der Waals surface area contributed by atoms with E-state index >= 15 is 0 Å². The molecule has 0 saturated carbocycles. The maximum Gasteiger partial charge on any atom is 0.239 e. The summed E-state index contributed by atoms with van der Waals surface area (Å²) in [7, 11) is 0. The highest BCUT2D eigenvalue weighted by Crippen LogP contribution is 2.27. The summed E-state index contributed by atoms with van der Waals surface area (Å²) in [6.45, 7) is 2.53. The van der Waals surface area contributed by atoms with Gasteiger partial charge in [0.15, 0.2) is 0 Å². The molecule has 1 N–H and O–H groups in total. The number of carbonyl (C=O) groups is 2. The van der Waals surface area contributed by atoms with E-state index in [9.17, 15) is 9.59 Å². The van der Waals surface area contributed by atoms with Gasteiger partial charge in [-0.1, -0.05) is 30.3 Å². The summed E-state index contributed by atoms with van der Waals surface area (Å²) < 4.78 is 0. The smallest absolute Gasteiger partial charge is 0.239 e. The Hall–Kier alpha value is -1.86. The molecule has 2 amide bonds. The van der Waals surface area contributed by atoms with Crippen molar-refractivity contribution in [3.8, 4) is 10.6 Å². The van der Waals surface area contributed by atoms with Crippen LogP contribution in [-0.2, 0) is 16.1 Å². The highest BCUT2D eigenvalue weighted by molar-refractivity contribution is 8.00. The van der Waals surface area contributed by atoms with Crippen LogP contribution in [0.3, 0.4) is 0 Å². The number of aryl methyl sites for hydroxylation is 1. The first-order valence-corrected chi connectivity index (χ1v) is 9.24. The summed E-state index contributed by atoms with van der Waals surface area (Å²) in [5, 5.41) is 3.84. The lowest BCUT2D eigenvalue weighted by molar-refractivity contribution is -0.132. The molecule has 3 rings (SSSR count). The number of hydrogen-bond donors (Lipinski definition) is 1. The molecule has 1 saturated heterocycles. The third-order valence-electron chi connectivity index (χ3n) is 3.52. The molecule has 7 heteroatoms. The van der Waals surface area contributed by atoms with Crippen LogP contribution in [0.4, 0.5) is 0 Å². The molecule has 1 fully saturated rings. The van der Waals surface area contributed by atoms with Crippen molar-refractivity contribution >= 4 is 34.9 Å². The Kier molecular flexibility index (Phi) is 4.97. The van der Waals surface area contributed by atoms with Crippen molar-refractivity contribution in [1.82, 2.24) is 15.2 Å². The van der Waals surface area contributed by atoms with E-state index in [-0.39, 0.29) is 18.4 Å². The maximum absolute atomic E-state index is 12.0. The molecule has 5 nitrogen and oxygen atoms in total. The first kappa shape index (κ1) is 16.0. The molecule has 0 spiro atoms. The van der Waals surface area contributed by atoms with Crippen molar-refractivity contribution in [2.75, 3.05) is 18.2 Å². The number of thioether (sulfide) groups is 1. The van der Waals surface area contributed by atoms with Crippen LogP contribution in [0.2, 0.25) is 0 Å². The van der Waals surface area contributed by atoms with Gasteiger partial charge in [0.1, 0.15) is 11.6 Å². The largest absolute Gasteiger partial charge is 0.350 e. The van der Waals surface area contributed by atoms with E-state index in [2.05, 4.69) is 10.3 Å². The van der Waals surface area contributed by atoms with Gasteiger partial charge < -0.3 is 10.2 Å². The molecular weight excluding hydrogens is 330 g/mol. The normalized spacial score (nSPS) is 14.3. The van der Waals surface area contributed by atoms with E-state index in [0.29, 0.717) is 18.2 Å². The summed E-state index contributed by atoms with van der Waals surface area (Å²) in [5.74, 6) is 0.978. The van der Waals surface area contributed by atoms with Crippen LogP contribution in [0.1, 0.15) is 10.6 Å². The van der Waals surface area contributed by atoms with Crippen LogP contribution in [0, 0.1) is 6.92 Å². The molecule has 2 aromatic rings. The highest BCUT2D eigenvalue weighted by Gasteiger charge is 2.22. The van der Waals surface area contributed by atoms with Crippen molar-refractivity contribution in [1.29, 1.82) is 0 Å². The molecule has 120 valence electrons. The standard InChI is InChI=1S/C16H17N3O2S2/c1-11-13(23-16(18-11)12-5-3-2-4-6-12)7-17-14(20)8-19-10-22-9-15(19)21/h2-6H,7-10H2,1H3,(H,17,20). The summed E-state index contributed by atoms with van der Waals surface area (Å²) in [6, 6.07) is 9.99. The monoisotopic (exact) mass is 347 g/mol. The van der Waals surface area contributed by atoms with Crippen LogP contribution >= 0.6 is 23.1 Å². The average Bonchev–Trinajstić information content (AvgIpc) is 3.12. The molecule has 1 aliphatic rings. The zero-order chi connectivity index (χ0) is 16.2. The Morgan fingerprint density at radius 1 is 1.35 bits per heavy atom. The first-order valence-electron chi connectivity index (χ1n) is 7.27. The minimum Gasteiger partial charge on any atom is -0.350 e. The second-order valence-corrected chi connectivity index (χ2v) is 7.28. The van der Waals surface area contributed by atoms with Gasteiger partial charge in [-0.15, -0.1) is 23.1 Å². The average molecular weight is 347 g/mol. The Labute approximate surface area is 143 Å². The summed E-state index contributed by atoms with van der Waals surface area (Å²) in [5.41, 5.74) is 2.01. The Balaban J connectivity index is 1.59. The van der Waals surface area contributed by atoms with Gasteiger partial charge in [-0.2, -0.15) is 0 Å². The molecule has 0 radical (unpaired) electrons. The third-order valence-corrected chi connectivity index (χ3v) is 5.67. The fourth-order valence-electron chi connectivity index (χ4n) is 2.24. The fraction of sp³-hybridized carbons (Fsp3) is 0.312. The van der Waals surface area contributed by atoms with Gasteiger partial charge in [-0.05, 0) is 6.92 Å². The van der Waals surface area contributed by atoms with Crippen molar-refractivity contribution in [3.63, 3.8) is 0 Å². The lowest BCUT2D eigenvalue weighted by atomic mass is 10.2. The SMILES string of the molecule is Cc1nc(-c2ccccc2)sc1CNC(=O)CN1CSCC1=O. The van der Waals surface area contributed by atoms with Crippen LogP contribution in [0.5, 0.6) is 0 Å². The van der Waals surface area contributed by atoms with Crippen molar-refractivity contribution in [2.45, 2.75) is 13.5 Å². The summed E-state index contributed by atoms with van der Waals surface area (Å²) in [6.07, 6.45) is 0. The molecule has 1 aromatic carbocycles. The number of benzene rings is 1. The van der Waals surface area contributed by atoms with Crippen molar-refractivity contribution in [3.05, 3.63) is 40.9 Å². The molecular formula is C16H17N3O2S2. The number of rotatable bonds is 5. The van der Waals surface area contributed by atoms with Gasteiger partial charge in [0.2, 0.25) is 11.8 Å². The van der Waals surface area contributed by atoms with Gasteiger partial charge >= 0.3 is 0 Å². The zero-order valence-electron chi connectivity index (χ0n) is 12.7. The second-order valence-electron chi connectivity index (χ2n) is 5.24. The second kappa shape index (κ2) is 7.14. The molecule has 2 heterocycles. The Morgan fingerprint density at radius 3 is 2.83 bits per heavy atom. The first-order chi connectivity index (χ1) is 11.1. The number of nitrogens with zero attached hydrogens (tertiary/aromatic N) is 2. The number of carbonyl (C=O) groups excluding carboxylic acids is 2. The van der Waals surface area contributed by atoms with Crippen molar-refractivity contribution in [2.24, 2.45) is 0 Å². The molecule has 1 aromatic heterocycles. The minimum atomic E-state index is -0.130. The zero-order valence-corrected chi connectivity index (χ0v) is 14.4. The van der Waals surface area contributed by atoms with E-state index in [1.807, 2.05) is 37.3 Å². The topological polar surface area (TPSA) is 62.3 Å². The van der Waals surface area contributed by atoms with Crippen LogP contribution in [-0.4, -0.2) is 39.9 Å². The van der Waals surface area contributed by atoms with E-state index in [4.69, 9.17) is 0 Å². The summed E-state index contributed by atoms with van der Waals surface area (Å²) in [4.78, 5) is 30.7. The molecule has 1 aliphatic heterocycles. The lowest BCUT2D eigenvalue weighted by Crippen LogP contribution is -2.37. The van der Waals surface area contributed by atoms with Crippen LogP contribution < -0.4 is 5.32 Å². The number of aromatic nitrogens is 1. The van der Waals surface area contributed by atoms with Gasteiger partial charge in [-0.25, -0.2) is 4.98 Å². The quantitative estimate of drug-likeness (QED) is 0.901. The highest BCUT2D eigenvalue weighted by atomic mass is 32.2. The number of thiazole rings is 1. The number of amides is 2. The maximum atomic E-state index is 12.0. The van der Waals surface area contributed by atoms with E-state index < -0.39 is 0 Å². The Bertz CT molecular complexity index is 715.